The largest absolute Gasteiger partial charge is 0.0842 e. The Balaban J connectivity index is 3.31. The van der Waals surface area contributed by atoms with Crippen LogP contribution in [0.1, 0.15) is 0 Å². The quantitative estimate of drug-likeness (QED) is 0.604. The fourth-order valence-electron chi connectivity index (χ4n) is 0.529. The van der Waals surface area contributed by atoms with Gasteiger partial charge in [0.2, 0.25) is 0 Å². The van der Waals surface area contributed by atoms with Crippen LogP contribution in [0.5, 0.6) is 0 Å². The lowest BCUT2D eigenvalue weighted by molar-refractivity contribution is 1.47. The van der Waals surface area contributed by atoms with E-state index >= 15 is 0 Å². The first kappa shape index (κ1) is 8.41. The van der Waals surface area contributed by atoms with Gasteiger partial charge in [0.25, 0.3) is 0 Å². The summed E-state index contributed by atoms with van der Waals surface area (Å²) in [6, 6.07) is 3.13. The minimum atomic E-state index is 0.424. The number of halogens is 3. The van der Waals surface area contributed by atoms with E-state index in [0.29, 0.717) is 20.0 Å². The zero-order chi connectivity index (χ0) is 7.72. The molecule has 53 valence electrons. The molecule has 0 aliphatic heterocycles. The van der Waals surface area contributed by atoms with Gasteiger partial charge in [-0.25, -0.2) is 0 Å². The van der Waals surface area contributed by atoms with E-state index in [9.17, 15) is 0 Å². The molecule has 4 heteroatoms. The maximum Gasteiger partial charge on any atom is 0.0750 e. The Hall–Kier alpha value is 0.310. The van der Waals surface area contributed by atoms with Crippen molar-refractivity contribution in [3.63, 3.8) is 0 Å². The summed E-state index contributed by atoms with van der Waals surface area (Å²) >= 11 is 21.7. The van der Waals surface area contributed by atoms with Gasteiger partial charge in [0.05, 0.1) is 14.9 Å². The molecule has 0 aromatic heterocycles. The molecule has 0 fully saturated rings. The Bertz CT molecular complexity index is 236. The van der Waals surface area contributed by atoms with Gasteiger partial charge in [0.15, 0.2) is 0 Å². The molecule has 1 aromatic carbocycles. The molecule has 0 aliphatic carbocycles. The van der Waals surface area contributed by atoms with Crippen LogP contribution < -0.4 is 0 Å². The van der Waals surface area contributed by atoms with Crippen LogP contribution in [0, 0.1) is 0 Å². The fraction of sp³-hybridized carbons (Fsp3) is 0. The van der Waals surface area contributed by atoms with Gasteiger partial charge in [-0.3, -0.25) is 0 Å². The first-order valence-corrected chi connectivity index (χ1v) is 3.97. The standard InChI is InChI=1S/C6H2Cl3S/c7-3-1-4(8)6(10)5(9)2-3/h1-2H. The van der Waals surface area contributed by atoms with E-state index in [1.807, 2.05) is 0 Å². The molecule has 0 unspecified atom stereocenters. The Morgan fingerprint density at radius 1 is 1.00 bits per heavy atom. The average Bonchev–Trinajstić information content (AvgIpc) is 1.82. The van der Waals surface area contributed by atoms with Gasteiger partial charge in [-0.15, -0.1) is 0 Å². The van der Waals surface area contributed by atoms with Crippen LogP contribution in [0.3, 0.4) is 0 Å². The summed E-state index contributed by atoms with van der Waals surface area (Å²) in [5, 5.41) is 1.35. The minimum Gasteiger partial charge on any atom is -0.0842 e. The maximum absolute atomic E-state index is 5.65. The molecule has 0 N–H and O–H groups in total. The molecule has 1 aromatic rings. The second kappa shape index (κ2) is 3.14. The minimum absolute atomic E-state index is 0.424. The van der Waals surface area contributed by atoms with E-state index in [2.05, 4.69) is 0 Å². The molecule has 0 saturated carbocycles. The predicted octanol–water partition coefficient (Wildman–Crippen LogP) is 4.20. The number of hydrogen-bond donors (Lipinski definition) is 0. The van der Waals surface area contributed by atoms with Gasteiger partial charge in [-0.05, 0) is 12.1 Å². The zero-order valence-electron chi connectivity index (χ0n) is 4.70. The van der Waals surface area contributed by atoms with Gasteiger partial charge in [-0.2, -0.15) is 0 Å². The highest BCUT2D eigenvalue weighted by molar-refractivity contribution is 7.80. The summed E-state index contributed by atoms with van der Waals surface area (Å²) in [7, 11) is 0. The SMILES string of the molecule is [S]c1c(Cl)cc(Cl)cc1Cl. The van der Waals surface area contributed by atoms with Crippen LogP contribution in [0.4, 0.5) is 0 Å². The number of benzene rings is 1. The predicted molar refractivity (Wildman–Crippen MR) is 47.3 cm³/mol. The zero-order valence-corrected chi connectivity index (χ0v) is 7.78. The van der Waals surface area contributed by atoms with Crippen molar-refractivity contribution in [3.8, 4) is 0 Å². The van der Waals surface area contributed by atoms with Gasteiger partial charge in [-0.1, -0.05) is 47.4 Å². The maximum atomic E-state index is 5.65. The molecule has 0 saturated heterocycles. The average molecular weight is 213 g/mol. The molecule has 10 heavy (non-hydrogen) atoms. The Morgan fingerprint density at radius 2 is 1.40 bits per heavy atom. The number of hydrogen-bond acceptors (Lipinski definition) is 0. The van der Waals surface area contributed by atoms with Crippen LogP contribution in [-0.2, 0) is 0 Å². The van der Waals surface area contributed by atoms with E-state index in [1.54, 1.807) is 12.1 Å². The van der Waals surface area contributed by atoms with Crippen molar-refractivity contribution in [2.24, 2.45) is 0 Å². The Morgan fingerprint density at radius 3 is 1.80 bits per heavy atom. The summed E-state index contributed by atoms with van der Waals surface area (Å²) < 4.78 is 0. The van der Waals surface area contributed by atoms with Crippen molar-refractivity contribution < 1.29 is 0 Å². The fourth-order valence-corrected chi connectivity index (χ4v) is 1.46. The van der Waals surface area contributed by atoms with E-state index in [1.165, 1.54) is 0 Å². The normalized spacial score (nSPS) is 9.90. The van der Waals surface area contributed by atoms with Crippen molar-refractivity contribution in [2.75, 3.05) is 0 Å². The van der Waals surface area contributed by atoms with Crippen LogP contribution in [0.25, 0.3) is 0 Å². The Kier molecular flexibility index (Phi) is 2.64. The highest BCUT2D eigenvalue weighted by Gasteiger charge is 2.03. The number of rotatable bonds is 0. The molecule has 0 bridgehead atoms. The topological polar surface area (TPSA) is 0 Å². The smallest absolute Gasteiger partial charge is 0.0750 e. The van der Waals surface area contributed by atoms with Gasteiger partial charge in [0, 0.05) is 5.02 Å². The van der Waals surface area contributed by atoms with E-state index in [4.69, 9.17) is 47.4 Å². The third-order valence-electron chi connectivity index (χ3n) is 0.963. The van der Waals surface area contributed by atoms with Gasteiger partial charge in [0.1, 0.15) is 0 Å². The lowest BCUT2D eigenvalue weighted by atomic mass is 10.4. The first-order chi connectivity index (χ1) is 4.61. The second-order valence-corrected chi connectivity index (χ2v) is 3.36. The van der Waals surface area contributed by atoms with Crippen molar-refractivity contribution in [1.82, 2.24) is 0 Å². The van der Waals surface area contributed by atoms with Crippen LogP contribution in [0.2, 0.25) is 15.1 Å². The molecule has 1 rings (SSSR count). The van der Waals surface area contributed by atoms with Crippen LogP contribution in [-0.4, -0.2) is 0 Å². The van der Waals surface area contributed by atoms with E-state index in [-0.39, 0.29) is 0 Å². The van der Waals surface area contributed by atoms with Crippen LogP contribution >= 0.6 is 47.4 Å². The lowest BCUT2D eigenvalue weighted by Gasteiger charge is -1.97. The molecule has 1 radical (unpaired) electrons. The summed E-state index contributed by atoms with van der Waals surface area (Å²) in [5.74, 6) is 0. The lowest BCUT2D eigenvalue weighted by Crippen LogP contribution is -1.72. The highest BCUT2D eigenvalue weighted by Crippen LogP contribution is 2.31. The summed E-state index contributed by atoms with van der Waals surface area (Å²) in [6.45, 7) is 0. The Labute approximate surface area is 79.5 Å². The summed E-state index contributed by atoms with van der Waals surface area (Å²) in [5.41, 5.74) is 0. The molecule has 0 atom stereocenters. The van der Waals surface area contributed by atoms with Crippen molar-refractivity contribution >= 4 is 47.4 Å². The van der Waals surface area contributed by atoms with Crippen molar-refractivity contribution in [1.29, 1.82) is 0 Å². The third-order valence-corrected chi connectivity index (χ3v) is 2.44. The van der Waals surface area contributed by atoms with E-state index in [0.717, 1.165) is 0 Å². The monoisotopic (exact) mass is 211 g/mol. The van der Waals surface area contributed by atoms with Crippen molar-refractivity contribution in [2.45, 2.75) is 4.90 Å². The molecule has 0 spiro atoms. The molecular formula is C6H2Cl3S. The van der Waals surface area contributed by atoms with Gasteiger partial charge >= 0.3 is 0 Å². The summed E-state index contributed by atoms with van der Waals surface area (Å²) in [6.07, 6.45) is 0. The molecule has 0 heterocycles. The van der Waals surface area contributed by atoms with Crippen LogP contribution in [0.15, 0.2) is 17.0 Å². The van der Waals surface area contributed by atoms with Crippen molar-refractivity contribution in [3.05, 3.63) is 27.2 Å². The first-order valence-electron chi connectivity index (χ1n) is 2.43. The molecule has 0 aliphatic rings. The highest BCUT2D eigenvalue weighted by atomic mass is 35.5. The van der Waals surface area contributed by atoms with E-state index < -0.39 is 0 Å². The van der Waals surface area contributed by atoms with Gasteiger partial charge < -0.3 is 0 Å². The molecular weight excluding hydrogens is 210 g/mol. The molecule has 0 amide bonds. The third kappa shape index (κ3) is 1.67. The second-order valence-electron chi connectivity index (χ2n) is 1.70. The summed E-state index contributed by atoms with van der Waals surface area (Å²) in [4.78, 5) is 0.452. The molecule has 0 nitrogen and oxygen atoms in total.